The first-order chi connectivity index (χ1) is 19.5. The molecule has 1 fully saturated rings. The molecule has 0 saturated carbocycles. The minimum atomic E-state index is -4.50. The minimum absolute atomic E-state index is 0.0475. The molecule has 0 aliphatic carbocycles. The summed E-state index contributed by atoms with van der Waals surface area (Å²) in [5.74, 6) is -1.96. The molecule has 0 unspecified atom stereocenters. The van der Waals surface area contributed by atoms with Crippen LogP contribution >= 0.6 is 0 Å². The van der Waals surface area contributed by atoms with Crippen molar-refractivity contribution < 1.29 is 27.1 Å². The van der Waals surface area contributed by atoms with Crippen LogP contribution in [0.5, 0.6) is 5.75 Å². The summed E-state index contributed by atoms with van der Waals surface area (Å²) < 4.78 is 61.8. The van der Waals surface area contributed by atoms with Crippen molar-refractivity contribution in [3.8, 4) is 17.1 Å². The Bertz CT molecular complexity index is 1520. The summed E-state index contributed by atoms with van der Waals surface area (Å²) in [4.78, 5) is 29.3. The zero-order valence-corrected chi connectivity index (χ0v) is 22.5. The van der Waals surface area contributed by atoms with Crippen LogP contribution in [0.15, 0.2) is 61.2 Å². The monoisotopic (exact) mass is 569 g/mol. The van der Waals surface area contributed by atoms with E-state index in [4.69, 9.17) is 4.74 Å². The topological polar surface area (TPSA) is 89.3 Å². The highest BCUT2D eigenvalue weighted by molar-refractivity contribution is 5.99. The highest BCUT2D eigenvalue weighted by Crippen LogP contribution is 2.39. The highest BCUT2D eigenvalue weighted by atomic mass is 19.4. The highest BCUT2D eigenvalue weighted by Gasteiger charge is 2.51. The Balaban J connectivity index is 1.57. The lowest BCUT2D eigenvalue weighted by atomic mass is 10.0. The van der Waals surface area contributed by atoms with E-state index >= 15 is 0 Å². The standard InChI is InChI=1S/C28H27F4N7O2/c1-17-4-7-21(11-23(17)25-33-12-20(29)13-34-25)38(14-18-5-8-22(41-3)9-6-18)26(40)24-10-19(28(30,31)32)15-39(24)27-35-16-37(2)36-27/h4-9,11-13,16,19,24H,10,14-15H2,1-3H3/t19-,24-/m1/s1. The Morgan fingerprint density at radius 1 is 1.10 bits per heavy atom. The lowest BCUT2D eigenvalue weighted by molar-refractivity contribution is -0.168. The molecule has 214 valence electrons. The summed E-state index contributed by atoms with van der Waals surface area (Å²) in [5, 5.41) is 4.18. The van der Waals surface area contributed by atoms with Crippen LogP contribution in [0.1, 0.15) is 17.5 Å². The Labute approximate surface area is 233 Å². The Kier molecular flexibility index (Phi) is 7.61. The maximum absolute atomic E-state index is 14.3. The van der Waals surface area contributed by atoms with E-state index in [2.05, 4.69) is 20.1 Å². The van der Waals surface area contributed by atoms with Crippen LogP contribution < -0.4 is 14.5 Å². The fourth-order valence-electron chi connectivity index (χ4n) is 4.85. The average Bonchev–Trinajstić information content (AvgIpc) is 3.59. The largest absolute Gasteiger partial charge is 0.497 e. The molecule has 3 heterocycles. The molecule has 1 amide bonds. The van der Waals surface area contributed by atoms with Gasteiger partial charge in [-0.05, 0) is 48.7 Å². The molecule has 0 spiro atoms. The van der Waals surface area contributed by atoms with E-state index in [0.29, 0.717) is 17.0 Å². The van der Waals surface area contributed by atoms with Crippen LogP contribution in [-0.2, 0) is 18.4 Å². The lowest BCUT2D eigenvalue weighted by Gasteiger charge is -2.30. The van der Waals surface area contributed by atoms with Crippen LogP contribution in [-0.4, -0.2) is 56.5 Å². The second kappa shape index (κ2) is 11.1. The summed E-state index contributed by atoms with van der Waals surface area (Å²) >= 11 is 0. The van der Waals surface area contributed by atoms with Gasteiger partial charge in [-0.15, -0.1) is 5.10 Å². The third kappa shape index (κ3) is 5.98. The van der Waals surface area contributed by atoms with Gasteiger partial charge in [0.25, 0.3) is 0 Å². The maximum Gasteiger partial charge on any atom is 0.393 e. The van der Waals surface area contributed by atoms with Gasteiger partial charge in [-0.25, -0.2) is 19.3 Å². The summed E-state index contributed by atoms with van der Waals surface area (Å²) in [5.41, 5.74) is 2.48. The molecule has 2 atom stereocenters. The van der Waals surface area contributed by atoms with E-state index < -0.39 is 42.8 Å². The SMILES string of the molecule is COc1ccc(CN(C(=O)[C@H]2C[C@@H](C(F)(F)F)CN2c2ncn(C)n2)c2ccc(C)c(-c3ncc(F)cn3)c2)cc1. The number of benzene rings is 2. The zero-order chi connectivity index (χ0) is 29.3. The number of aromatic nitrogens is 5. The number of nitrogens with zero attached hydrogens (tertiary/aromatic N) is 7. The Morgan fingerprint density at radius 2 is 1.80 bits per heavy atom. The predicted octanol–water partition coefficient (Wildman–Crippen LogP) is 4.72. The van der Waals surface area contributed by atoms with Crippen LogP contribution in [0.4, 0.5) is 29.2 Å². The Hall–Kier alpha value is -4.55. The van der Waals surface area contributed by atoms with Gasteiger partial charge in [-0.3, -0.25) is 9.48 Å². The zero-order valence-electron chi connectivity index (χ0n) is 22.5. The smallest absolute Gasteiger partial charge is 0.393 e. The molecule has 0 N–H and O–H groups in total. The molecular weight excluding hydrogens is 542 g/mol. The minimum Gasteiger partial charge on any atom is -0.497 e. The van der Waals surface area contributed by atoms with Gasteiger partial charge in [-0.1, -0.05) is 18.2 Å². The summed E-state index contributed by atoms with van der Waals surface area (Å²) in [6.45, 7) is 1.44. The first-order valence-electron chi connectivity index (χ1n) is 12.8. The van der Waals surface area contributed by atoms with Crippen molar-refractivity contribution in [1.82, 2.24) is 24.7 Å². The van der Waals surface area contributed by atoms with Gasteiger partial charge in [0, 0.05) is 24.8 Å². The third-order valence-electron chi connectivity index (χ3n) is 7.05. The first-order valence-corrected chi connectivity index (χ1v) is 12.8. The van der Waals surface area contributed by atoms with Crippen molar-refractivity contribution in [2.45, 2.75) is 32.1 Å². The summed E-state index contributed by atoms with van der Waals surface area (Å²) in [6, 6.07) is 11.0. The number of amides is 1. The predicted molar refractivity (Wildman–Crippen MR) is 143 cm³/mol. The molecule has 9 nitrogen and oxygen atoms in total. The molecule has 41 heavy (non-hydrogen) atoms. The van der Waals surface area contributed by atoms with Crippen LogP contribution in [0.25, 0.3) is 11.4 Å². The second-order valence-corrected chi connectivity index (χ2v) is 9.86. The van der Waals surface area contributed by atoms with E-state index in [9.17, 15) is 22.4 Å². The number of anilines is 2. The quantitative estimate of drug-likeness (QED) is 0.298. The van der Waals surface area contributed by atoms with E-state index in [1.807, 2.05) is 6.92 Å². The number of hydrogen-bond acceptors (Lipinski definition) is 7. The molecule has 2 aromatic carbocycles. The number of methoxy groups -OCH3 is 1. The van der Waals surface area contributed by atoms with Crippen molar-refractivity contribution in [2.24, 2.45) is 13.0 Å². The van der Waals surface area contributed by atoms with Crippen molar-refractivity contribution in [2.75, 3.05) is 23.5 Å². The number of carbonyl (C=O) groups is 1. The average molecular weight is 570 g/mol. The number of halogens is 4. The van der Waals surface area contributed by atoms with E-state index in [1.165, 1.54) is 27.9 Å². The van der Waals surface area contributed by atoms with Crippen molar-refractivity contribution in [3.63, 3.8) is 0 Å². The number of carbonyl (C=O) groups excluding carboxylic acids is 1. The van der Waals surface area contributed by atoms with Gasteiger partial charge < -0.3 is 14.5 Å². The van der Waals surface area contributed by atoms with Gasteiger partial charge in [-0.2, -0.15) is 13.2 Å². The first kappa shape index (κ1) is 28.0. The van der Waals surface area contributed by atoms with Crippen molar-refractivity contribution in [1.29, 1.82) is 0 Å². The third-order valence-corrected chi connectivity index (χ3v) is 7.05. The van der Waals surface area contributed by atoms with E-state index in [1.54, 1.807) is 49.5 Å². The lowest BCUT2D eigenvalue weighted by Crippen LogP contribution is -2.46. The van der Waals surface area contributed by atoms with Gasteiger partial charge in [0.2, 0.25) is 11.9 Å². The number of alkyl halides is 3. The Morgan fingerprint density at radius 3 is 2.41 bits per heavy atom. The molecular formula is C28H27F4N7O2. The fourth-order valence-corrected chi connectivity index (χ4v) is 4.85. The van der Waals surface area contributed by atoms with Gasteiger partial charge >= 0.3 is 6.18 Å². The molecule has 1 aliphatic rings. The normalized spacial score (nSPS) is 17.1. The molecule has 1 saturated heterocycles. The van der Waals surface area contributed by atoms with Gasteiger partial charge in [0.1, 0.15) is 18.1 Å². The molecule has 4 aromatic rings. The van der Waals surface area contributed by atoms with Crippen molar-refractivity contribution >= 4 is 17.5 Å². The number of aryl methyl sites for hydroxylation is 2. The molecule has 2 aromatic heterocycles. The number of ether oxygens (including phenoxy) is 1. The van der Waals surface area contributed by atoms with E-state index in [0.717, 1.165) is 23.5 Å². The molecule has 0 bridgehead atoms. The molecule has 0 radical (unpaired) electrons. The van der Waals surface area contributed by atoms with E-state index in [-0.39, 0.29) is 18.3 Å². The summed E-state index contributed by atoms with van der Waals surface area (Å²) in [7, 11) is 3.14. The van der Waals surface area contributed by atoms with Crippen LogP contribution in [0.2, 0.25) is 0 Å². The van der Waals surface area contributed by atoms with Gasteiger partial charge in [0.05, 0.1) is 32.0 Å². The maximum atomic E-state index is 14.3. The van der Waals surface area contributed by atoms with Crippen LogP contribution in [0, 0.1) is 18.7 Å². The number of rotatable bonds is 7. The molecule has 5 rings (SSSR count). The van der Waals surface area contributed by atoms with Crippen LogP contribution in [0.3, 0.4) is 0 Å². The molecule has 1 aliphatic heterocycles. The molecule has 13 heteroatoms. The van der Waals surface area contributed by atoms with Crippen molar-refractivity contribution in [3.05, 3.63) is 78.1 Å². The number of hydrogen-bond donors (Lipinski definition) is 0. The fraction of sp³-hybridized carbons (Fsp3) is 0.321. The van der Waals surface area contributed by atoms with Gasteiger partial charge in [0.15, 0.2) is 11.6 Å². The second-order valence-electron chi connectivity index (χ2n) is 9.86. The summed E-state index contributed by atoms with van der Waals surface area (Å²) in [6.07, 6.45) is -1.48.